The minimum Gasteiger partial charge on any atom is -0.481 e. The van der Waals surface area contributed by atoms with Crippen LogP contribution in [0.25, 0.3) is 0 Å². The van der Waals surface area contributed by atoms with Gasteiger partial charge < -0.3 is 10.1 Å². The molecule has 1 heterocycles. The van der Waals surface area contributed by atoms with Crippen LogP contribution in [-0.4, -0.2) is 26.4 Å². The van der Waals surface area contributed by atoms with Crippen LogP contribution in [0.2, 0.25) is 15.1 Å². The minimum absolute atomic E-state index is 0.153. The van der Waals surface area contributed by atoms with Gasteiger partial charge >= 0.3 is 0 Å². The Hall–Kier alpha value is -2.19. The summed E-state index contributed by atoms with van der Waals surface area (Å²) in [5.74, 6) is 1.05. The van der Waals surface area contributed by atoms with E-state index in [0.29, 0.717) is 44.0 Å². The van der Waals surface area contributed by atoms with Crippen molar-refractivity contribution in [2.24, 2.45) is 0 Å². The average molecular weight is 498 g/mol. The number of carbonyl (C=O) groups excluding carboxylic acids is 1. The number of benzene rings is 2. The van der Waals surface area contributed by atoms with Crippen molar-refractivity contribution in [3.63, 3.8) is 0 Å². The molecule has 0 aliphatic heterocycles. The normalized spacial score (nSPS) is 11.7. The van der Waals surface area contributed by atoms with Gasteiger partial charge in [-0.1, -0.05) is 58.7 Å². The van der Waals surface area contributed by atoms with Gasteiger partial charge in [-0.2, -0.15) is 0 Å². The van der Waals surface area contributed by atoms with Gasteiger partial charge in [-0.3, -0.25) is 9.36 Å². The number of anilines is 1. The Labute approximate surface area is 199 Å². The highest BCUT2D eigenvalue weighted by Gasteiger charge is 2.20. The Morgan fingerprint density at radius 3 is 2.71 bits per heavy atom. The van der Waals surface area contributed by atoms with Crippen molar-refractivity contribution in [3.8, 4) is 5.75 Å². The number of hydrogen-bond donors (Lipinski definition) is 1. The fourth-order valence-electron chi connectivity index (χ4n) is 2.72. The number of carbonyl (C=O) groups is 1. The van der Waals surface area contributed by atoms with E-state index >= 15 is 0 Å². The number of rotatable bonds is 9. The summed E-state index contributed by atoms with van der Waals surface area (Å²) in [6, 6.07) is 12.0. The molecule has 1 atom stereocenters. The molecule has 10 heteroatoms. The van der Waals surface area contributed by atoms with E-state index in [4.69, 9.17) is 39.5 Å². The van der Waals surface area contributed by atoms with Crippen LogP contribution < -0.4 is 10.1 Å². The topological polar surface area (TPSA) is 69.0 Å². The maximum Gasteiger partial charge on any atom is 0.234 e. The van der Waals surface area contributed by atoms with Crippen LogP contribution in [-0.2, 0) is 11.3 Å². The second-order valence-corrected chi connectivity index (χ2v) is 8.64. The first-order valence-electron chi connectivity index (χ1n) is 9.21. The smallest absolute Gasteiger partial charge is 0.234 e. The molecular formula is C21H19Cl3N4O2S. The molecule has 0 saturated heterocycles. The van der Waals surface area contributed by atoms with Gasteiger partial charge in [0.15, 0.2) is 17.1 Å². The highest BCUT2D eigenvalue weighted by Crippen LogP contribution is 2.31. The standard InChI is InChI=1S/C21H19Cl3N4O2S/c1-3-9-28-20(13(2)30-18-8-7-15(23)11-17(18)24)26-27-21(28)31-12-19(29)25-16-6-4-5-14(22)10-16/h3-8,10-11,13H,1,9,12H2,2H3,(H,25,29). The van der Waals surface area contributed by atoms with Gasteiger partial charge in [0.25, 0.3) is 0 Å². The van der Waals surface area contributed by atoms with E-state index in [2.05, 4.69) is 22.1 Å². The van der Waals surface area contributed by atoms with Gasteiger partial charge in [0, 0.05) is 22.3 Å². The van der Waals surface area contributed by atoms with Crippen LogP contribution in [0.3, 0.4) is 0 Å². The van der Waals surface area contributed by atoms with Crippen LogP contribution in [0.5, 0.6) is 5.75 Å². The summed E-state index contributed by atoms with van der Waals surface area (Å²) in [4.78, 5) is 12.3. The van der Waals surface area contributed by atoms with Crippen molar-refractivity contribution < 1.29 is 9.53 Å². The first-order valence-corrected chi connectivity index (χ1v) is 11.3. The van der Waals surface area contributed by atoms with Crippen LogP contribution >= 0.6 is 46.6 Å². The maximum absolute atomic E-state index is 12.3. The zero-order valence-corrected chi connectivity index (χ0v) is 19.6. The molecule has 0 aliphatic rings. The van der Waals surface area contributed by atoms with E-state index in [-0.39, 0.29) is 11.7 Å². The summed E-state index contributed by atoms with van der Waals surface area (Å²) in [6.45, 7) is 6.09. The summed E-state index contributed by atoms with van der Waals surface area (Å²) in [6.07, 6.45) is 1.28. The predicted molar refractivity (Wildman–Crippen MR) is 127 cm³/mol. The number of ether oxygens (including phenoxy) is 1. The lowest BCUT2D eigenvalue weighted by atomic mass is 10.3. The van der Waals surface area contributed by atoms with Crippen LogP contribution in [0.4, 0.5) is 5.69 Å². The van der Waals surface area contributed by atoms with Gasteiger partial charge in [-0.25, -0.2) is 0 Å². The van der Waals surface area contributed by atoms with Gasteiger partial charge in [-0.15, -0.1) is 16.8 Å². The Morgan fingerprint density at radius 2 is 2.00 bits per heavy atom. The van der Waals surface area contributed by atoms with E-state index in [1.54, 1.807) is 48.5 Å². The van der Waals surface area contributed by atoms with Gasteiger partial charge in [-0.05, 0) is 43.3 Å². The Balaban J connectivity index is 1.69. The SMILES string of the molecule is C=CCn1c(SCC(=O)Nc2cccc(Cl)c2)nnc1C(C)Oc1ccc(Cl)cc1Cl. The minimum atomic E-state index is -0.444. The molecule has 0 saturated carbocycles. The lowest BCUT2D eigenvalue weighted by molar-refractivity contribution is -0.113. The van der Waals surface area contributed by atoms with E-state index in [1.807, 2.05) is 11.5 Å². The Bertz CT molecular complexity index is 1090. The first kappa shape index (κ1) is 23.5. The highest BCUT2D eigenvalue weighted by molar-refractivity contribution is 7.99. The zero-order chi connectivity index (χ0) is 22.4. The molecule has 1 amide bonds. The van der Waals surface area contributed by atoms with Crippen LogP contribution in [0.15, 0.2) is 60.3 Å². The Morgan fingerprint density at radius 1 is 1.23 bits per heavy atom. The molecule has 162 valence electrons. The summed E-state index contributed by atoms with van der Waals surface area (Å²) in [5.41, 5.74) is 0.633. The molecule has 31 heavy (non-hydrogen) atoms. The number of amides is 1. The lowest BCUT2D eigenvalue weighted by Crippen LogP contribution is -2.15. The maximum atomic E-state index is 12.3. The molecule has 0 bridgehead atoms. The number of aromatic nitrogens is 3. The molecule has 0 spiro atoms. The van der Waals surface area contributed by atoms with E-state index < -0.39 is 6.10 Å². The summed E-state index contributed by atoms with van der Waals surface area (Å²) in [5, 5.41) is 13.3. The summed E-state index contributed by atoms with van der Waals surface area (Å²) in [7, 11) is 0. The monoisotopic (exact) mass is 496 g/mol. The fraction of sp³-hybridized carbons (Fsp3) is 0.190. The second-order valence-electron chi connectivity index (χ2n) is 6.42. The fourth-order valence-corrected chi connectivity index (χ4v) is 4.11. The molecule has 1 aromatic heterocycles. The number of hydrogen-bond acceptors (Lipinski definition) is 5. The third-order valence-electron chi connectivity index (χ3n) is 4.06. The number of nitrogens with one attached hydrogen (secondary N) is 1. The number of halogens is 3. The lowest BCUT2D eigenvalue weighted by Gasteiger charge is -2.16. The number of allylic oxidation sites excluding steroid dienone is 1. The molecule has 0 aliphatic carbocycles. The second kappa shape index (κ2) is 10.9. The molecule has 0 radical (unpaired) electrons. The quantitative estimate of drug-likeness (QED) is 0.278. The molecule has 1 unspecified atom stereocenters. The Kier molecular flexibility index (Phi) is 8.26. The van der Waals surface area contributed by atoms with Crippen molar-refractivity contribution in [1.29, 1.82) is 0 Å². The molecule has 6 nitrogen and oxygen atoms in total. The molecule has 3 rings (SSSR count). The van der Waals surface area contributed by atoms with Gasteiger partial charge in [0.1, 0.15) is 5.75 Å². The third-order valence-corrected chi connectivity index (χ3v) is 5.79. The van der Waals surface area contributed by atoms with Crippen molar-refractivity contribution in [2.75, 3.05) is 11.1 Å². The molecule has 2 aromatic carbocycles. The van der Waals surface area contributed by atoms with Gasteiger partial charge in [0.2, 0.25) is 5.91 Å². The molecule has 0 fully saturated rings. The number of thioether (sulfide) groups is 1. The highest BCUT2D eigenvalue weighted by atomic mass is 35.5. The molecule has 3 aromatic rings. The van der Waals surface area contributed by atoms with Crippen LogP contribution in [0, 0.1) is 0 Å². The van der Waals surface area contributed by atoms with Crippen molar-refractivity contribution in [2.45, 2.75) is 24.7 Å². The summed E-state index contributed by atoms with van der Waals surface area (Å²) >= 11 is 19.4. The molecular weight excluding hydrogens is 479 g/mol. The van der Waals surface area contributed by atoms with Gasteiger partial charge in [0.05, 0.1) is 10.8 Å². The predicted octanol–water partition coefficient (Wildman–Crippen LogP) is 6.30. The van der Waals surface area contributed by atoms with E-state index in [9.17, 15) is 4.79 Å². The first-order chi connectivity index (χ1) is 14.9. The third kappa shape index (κ3) is 6.40. The zero-order valence-electron chi connectivity index (χ0n) is 16.5. The average Bonchev–Trinajstić information content (AvgIpc) is 3.11. The summed E-state index contributed by atoms with van der Waals surface area (Å²) < 4.78 is 7.80. The van der Waals surface area contributed by atoms with E-state index in [0.717, 1.165) is 0 Å². The van der Waals surface area contributed by atoms with Crippen molar-refractivity contribution in [3.05, 3.63) is 76.0 Å². The largest absolute Gasteiger partial charge is 0.481 e. The molecule has 1 N–H and O–H groups in total. The van der Waals surface area contributed by atoms with Crippen molar-refractivity contribution in [1.82, 2.24) is 14.8 Å². The van der Waals surface area contributed by atoms with Crippen molar-refractivity contribution >= 4 is 58.2 Å². The van der Waals surface area contributed by atoms with E-state index in [1.165, 1.54) is 11.8 Å². The number of nitrogens with zero attached hydrogens (tertiary/aromatic N) is 3. The van der Waals surface area contributed by atoms with Crippen LogP contribution in [0.1, 0.15) is 18.9 Å².